The fourth-order valence-electron chi connectivity index (χ4n) is 5.93. The molecule has 0 bridgehead atoms. The van der Waals surface area contributed by atoms with Crippen molar-refractivity contribution in [2.24, 2.45) is 0 Å². The van der Waals surface area contributed by atoms with Crippen LogP contribution >= 0.6 is 0 Å². The van der Waals surface area contributed by atoms with E-state index >= 15 is 0 Å². The van der Waals surface area contributed by atoms with Crippen molar-refractivity contribution in [2.45, 2.75) is 11.8 Å². The minimum absolute atomic E-state index is 0.402. The van der Waals surface area contributed by atoms with Gasteiger partial charge in [-0.1, -0.05) is 103 Å². The van der Waals surface area contributed by atoms with Gasteiger partial charge in [-0.3, -0.25) is 9.59 Å². The van der Waals surface area contributed by atoms with Gasteiger partial charge in [0.05, 0.1) is 18.9 Å². The number of hydrogen-bond donors (Lipinski definition) is 0. The van der Waals surface area contributed by atoms with Crippen molar-refractivity contribution in [1.29, 1.82) is 0 Å². The number of rotatable bonds is 3. The number of carbonyl (C=O) groups is 2. The fourth-order valence-corrected chi connectivity index (χ4v) is 5.93. The van der Waals surface area contributed by atoms with Crippen LogP contribution in [-0.4, -0.2) is 19.0 Å². The van der Waals surface area contributed by atoms with Crippen LogP contribution in [-0.2, 0) is 9.59 Å². The van der Waals surface area contributed by atoms with Crippen LogP contribution in [0.15, 0.2) is 127 Å². The maximum absolute atomic E-state index is 14.3. The van der Waals surface area contributed by atoms with E-state index in [1.165, 1.54) is 0 Å². The third kappa shape index (κ3) is 4.36. The van der Waals surface area contributed by atoms with Gasteiger partial charge in [0.15, 0.2) is 0 Å². The van der Waals surface area contributed by atoms with Gasteiger partial charge in [-0.05, 0) is 56.9 Å². The van der Waals surface area contributed by atoms with Gasteiger partial charge in [0.25, 0.3) is 0 Å². The number of hydrogen-bond acceptors (Lipinski definition) is 5. The maximum atomic E-state index is 14.3. The molecule has 7 rings (SSSR count). The van der Waals surface area contributed by atoms with Crippen molar-refractivity contribution < 1.29 is 23.8 Å². The van der Waals surface area contributed by atoms with Crippen LogP contribution in [0.4, 0.5) is 0 Å². The molecule has 6 aromatic carbocycles. The first-order chi connectivity index (χ1) is 20.6. The van der Waals surface area contributed by atoms with Gasteiger partial charge in [-0.25, -0.2) is 0 Å². The highest BCUT2D eigenvalue weighted by atomic mass is 16.5. The molecule has 6 aromatic rings. The molecule has 2 atom stereocenters. The molecule has 0 fully saturated rings. The first kappa shape index (κ1) is 25.5. The van der Waals surface area contributed by atoms with Crippen LogP contribution in [0.3, 0.4) is 0 Å². The van der Waals surface area contributed by atoms with Crippen LogP contribution in [0, 0.1) is 0 Å². The molecule has 0 saturated carbocycles. The Kier molecular flexibility index (Phi) is 6.40. The Labute approximate surface area is 242 Å². The van der Waals surface area contributed by atoms with E-state index in [0.717, 1.165) is 21.5 Å². The van der Waals surface area contributed by atoms with Crippen LogP contribution in [0.1, 0.15) is 23.0 Å². The van der Waals surface area contributed by atoms with Crippen molar-refractivity contribution in [2.75, 3.05) is 7.11 Å². The number of fused-ring (bicyclic) bond motifs is 7. The number of ether oxygens (including phenoxy) is 3. The second-order valence-corrected chi connectivity index (χ2v) is 10.3. The molecule has 0 N–H and O–H groups in total. The summed E-state index contributed by atoms with van der Waals surface area (Å²) >= 11 is 0. The quantitative estimate of drug-likeness (QED) is 0.165. The highest BCUT2D eigenvalue weighted by Gasteiger charge is 2.41. The lowest BCUT2D eigenvalue weighted by Crippen LogP contribution is -2.33. The first-order valence-electron chi connectivity index (χ1n) is 13.8. The largest absolute Gasteiger partial charge is 0.497 e. The molecule has 0 radical (unpaired) electrons. The molecule has 1 heterocycles. The normalized spacial score (nSPS) is 16.7. The molecular weight excluding hydrogens is 524 g/mol. The Bertz CT molecular complexity index is 1960. The van der Waals surface area contributed by atoms with Gasteiger partial charge in [0, 0.05) is 11.1 Å². The monoisotopic (exact) mass is 550 g/mol. The van der Waals surface area contributed by atoms with Crippen molar-refractivity contribution in [3.8, 4) is 28.4 Å². The predicted molar refractivity (Wildman–Crippen MR) is 163 cm³/mol. The van der Waals surface area contributed by atoms with Gasteiger partial charge in [-0.2, -0.15) is 0 Å². The van der Waals surface area contributed by atoms with E-state index in [1.807, 2.05) is 103 Å². The van der Waals surface area contributed by atoms with Gasteiger partial charge in [0.2, 0.25) is 0 Å². The molecule has 1 aliphatic heterocycles. The maximum Gasteiger partial charge on any atom is 0.320 e. The molecule has 204 valence electrons. The number of methoxy groups -OCH3 is 1. The second-order valence-electron chi connectivity index (χ2n) is 10.3. The second kappa shape index (κ2) is 10.5. The van der Waals surface area contributed by atoms with E-state index < -0.39 is 23.8 Å². The summed E-state index contributed by atoms with van der Waals surface area (Å²) in [5.41, 5.74) is 2.68. The molecule has 42 heavy (non-hydrogen) atoms. The molecule has 1 aliphatic rings. The van der Waals surface area contributed by atoms with Crippen molar-refractivity contribution in [1.82, 2.24) is 0 Å². The van der Waals surface area contributed by atoms with Crippen molar-refractivity contribution in [3.63, 3.8) is 0 Å². The highest BCUT2D eigenvalue weighted by Crippen LogP contribution is 2.48. The third-order valence-electron chi connectivity index (χ3n) is 7.93. The van der Waals surface area contributed by atoms with E-state index in [1.54, 1.807) is 31.4 Å². The topological polar surface area (TPSA) is 61.8 Å². The summed E-state index contributed by atoms with van der Waals surface area (Å²) < 4.78 is 18.0. The average molecular weight is 551 g/mol. The van der Waals surface area contributed by atoms with E-state index in [9.17, 15) is 9.59 Å². The highest BCUT2D eigenvalue weighted by molar-refractivity contribution is 6.11. The molecule has 5 heteroatoms. The van der Waals surface area contributed by atoms with E-state index in [-0.39, 0.29) is 0 Å². The summed E-state index contributed by atoms with van der Waals surface area (Å²) in [6, 6.07) is 39.8. The molecule has 0 aromatic heterocycles. The van der Waals surface area contributed by atoms with Gasteiger partial charge < -0.3 is 14.2 Å². The number of benzene rings is 6. The minimum Gasteiger partial charge on any atom is -0.497 e. The Hall–Kier alpha value is -5.42. The fraction of sp³-hybridized carbons (Fsp3) is 0.0811. The lowest BCUT2D eigenvalue weighted by Gasteiger charge is -2.28. The van der Waals surface area contributed by atoms with Crippen LogP contribution in [0.25, 0.3) is 32.7 Å². The Balaban J connectivity index is 1.52. The Morgan fingerprint density at radius 3 is 1.45 bits per heavy atom. The van der Waals surface area contributed by atoms with Gasteiger partial charge >= 0.3 is 11.9 Å². The molecule has 0 amide bonds. The zero-order valence-corrected chi connectivity index (χ0v) is 22.8. The van der Waals surface area contributed by atoms with Crippen molar-refractivity contribution in [3.05, 3.63) is 139 Å². The first-order valence-corrected chi connectivity index (χ1v) is 13.8. The summed E-state index contributed by atoms with van der Waals surface area (Å²) in [6.45, 7) is 0. The van der Waals surface area contributed by atoms with Crippen molar-refractivity contribution >= 4 is 33.5 Å². The smallest absolute Gasteiger partial charge is 0.320 e. The lowest BCUT2D eigenvalue weighted by molar-refractivity contribution is -0.144. The molecular formula is C37H26O5. The number of esters is 2. The molecule has 0 unspecified atom stereocenters. The molecule has 0 spiro atoms. The number of carbonyl (C=O) groups excluding carboxylic acids is 2. The molecule has 0 saturated heterocycles. The Morgan fingerprint density at radius 2 is 0.952 bits per heavy atom. The summed E-state index contributed by atoms with van der Waals surface area (Å²) in [5.74, 6) is -1.59. The summed E-state index contributed by atoms with van der Waals surface area (Å²) in [4.78, 5) is 28.6. The zero-order valence-electron chi connectivity index (χ0n) is 22.8. The molecule has 5 nitrogen and oxygen atoms in total. The third-order valence-corrected chi connectivity index (χ3v) is 7.93. The lowest BCUT2D eigenvalue weighted by atomic mass is 9.81. The van der Waals surface area contributed by atoms with E-state index in [2.05, 4.69) is 0 Å². The minimum atomic E-state index is -0.980. The summed E-state index contributed by atoms with van der Waals surface area (Å²) in [6.07, 6.45) is 0. The van der Waals surface area contributed by atoms with E-state index in [4.69, 9.17) is 14.2 Å². The molecule has 0 aliphatic carbocycles. The van der Waals surface area contributed by atoms with Crippen LogP contribution < -0.4 is 14.2 Å². The summed E-state index contributed by atoms with van der Waals surface area (Å²) in [5, 5.41) is 3.73. The SMILES string of the molecule is COc1ccc([C@@H]2C(=O)Oc3ccc4ccccc4c3-c3c(ccc4ccccc34)OC(=O)[C@H]2c2ccccc2)cc1. The van der Waals surface area contributed by atoms with E-state index in [0.29, 0.717) is 39.5 Å². The van der Waals surface area contributed by atoms with Crippen LogP contribution in [0.5, 0.6) is 17.2 Å². The van der Waals surface area contributed by atoms with Gasteiger partial charge in [0.1, 0.15) is 17.2 Å². The van der Waals surface area contributed by atoms with Crippen LogP contribution in [0.2, 0.25) is 0 Å². The predicted octanol–water partition coefficient (Wildman–Crippen LogP) is 8.06. The summed E-state index contributed by atoms with van der Waals surface area (Å²) in [7, 11) is 1.58. The average Bonchev–Trinajstić information content (AvgIpc) is 3.04. The standard InChI is InChI=1S/C37H26O5/c1-40-27-19-15-26(16-20-27)33-32(25-11-3-2-4-12-25)36(38)41-30-21-17-23-9-5-7-13-28(23)34(30)35-29-14-8-6-10-24(29)18-22-31(35)42-37(33)39/h2-22,32-33H,1H3/t32-,33-/m0/s1. The van der Waals surface area contributed by atoms with Gasteiger partial charge in [-0.15, -0.1) is 0 Å². The zero-order chi connectivity index (χ0) is 28.6. The Morgan fingerprint density at radius 1 is 0.500 bits per heavy atom.